The summed E-state index contributed by atoms with van der Waals surface area (Å²) in [5, 5.41) is 0. The maximum Gasteiger partial charge on any atom is 0.354 e. The number of para-hydroxylation sites is 1. The summed E-state index contributed by atoms with van der Waals surface area (Å²) < 4.78 is 4.04. The number of aromatic nitrogens is 3. The van der Waals surface area contributed by atoms with Gasteiger partial charge in [0.2, 0.25) is 5.91 Å². The van der Waals surface area contributed by atoms with Crippen LogP contribution in [0.25, 0.3) is 5.69 Å². The Balaban J connectivity index is 1.78. The second-order valence-corrected chi connectivity index (χ2v) is 7.00. The predicted molar refractivity (Wildman–Crippen MR) is 103 cm³/mol. The normalized spacial score (nSPS) is 22.3. The molecule has 3 aliphatic heterocycles. The molecule has 3 atom stereocenters. The first-order valence-corrected chi connectivity index (χ1v) is 9.13. The van der Waals surface area contributed by atoms with E-state index >= 15 is 0 Å². The van der Waals surface area contributed by atoms with Crippen molar-refractivity contribution in [3.05, 3.63) is 99.3 Å². The molecule has 1 amide bonds. The first kappa shape index (κ1) is 16.6. The third-order valence-electron chi connectivity index (χ3n) is 5.45. The van der Waals surface area contributed by atoms with Gasteiger partial charge < -0.3 is 4.90 Å². The zero-order valence-corrected chi connectivity index (χ0v) is 15.2. The van der Waals surface area contributed by atoms with Crippen LogP contribution in [0.4, 0.5) is 0 Å². The van der Waals surface area contributed by atoms with Gasteiger partial charge in [-0.2, -0.15) is 0 Å². The molecule has 4 heterocycles. The van der Waals surface area contributed by atoms with Crippen LogP contribution >= 0.6 is 0 Å². The summed E-state index contributed by atoms with van der Waals surface area (Å²) in [4.78, 5) is 40.6. The molecule has 3 aromatic rings. The summed E-state index contributed by atoms with van der Waals surface area (Å²) in [7, 11) is 0. The highest BCUT2D eigenvalue weighted by molar-refractivity contribution is 5.75. The zero-order chi connectivity index (χ0) is 19.4. The highest BCUT2D eigenvalue weighted by Crippen LogP contribution is 2.44. The smallest absolute Gasteiger partial charge is 0.307 e. The van der Waals surface area contributed by atoms with Crippen molar-refractivity contribution in [3.63, 3.8) is 0 Å². The summed E-state index contributed by atoms with van der Waals surface area (Å²) in [6, 6.07) is 17.6. The lowest BCUT2D eigenvalue weighted by molar-refractivity contribution is -0.140. The molecule has 0 saturated carbocycles. The van der Waals surface area contributed by atoms with E-state index in [0.717, 1.165) is 5.56 Å². The number of nitrogens with zero attached hydrogens (tertiary/aromatic N) is 4. The maximum atomic E-state index is 13.2. The van der Waals surface area contributed by atoms with E-state index in [4.69, 9.17) is 0 Å². The Morgan fingerprint density at radius 1 is 0.821 bits per heavy atom. The van der Waals surface area contributed by atoms with Gasteiger partial charge in [0.05, 0.1) is 17.8 Å². The number of fused-ring (bicyclic) bond motifs is 1. The Hall–Kier alpha value is -3.61. The van der Waals surface area contributed by atoms with Crippen LogP contribution in [0.2, 0.25) is 0 Å². The zero-order valence-electron chi connectivity index (χ0n) is 15.2. The molecule has 3 unspecified atom stereocenters. The minimum absolute atomic E-state index is 0.147. The average molecular weight is 374 g/mol. The minimum atomic E-state index is -0.641. The summed E-state index contributed by atoms with van der Waals surface area (Å²) in [5.74, 6) is -0.147. The Labute approximate surface area is 160 Å². The van der Waals surface area contributed by atoms with Gasteiger partial charge in [-0.05, 0) is 23.8 Å². The summed E-state index contributed by atoms with van der Waals surface area (Å²) in [5.41, 5.74) is 0.583. The van der Waals surface area contributed by atoms with Gasteiger partial charge in [0.1, 0.15) is 6.17 Å². The number of amides is 1. The number of hydrogen-bond acceptors (Lipinski definition) is 3. The van der Waals surface area contributed by atoms with Crippen molar-refractivity contribution in [2.75, 3.05) is 0 Å². The fourth-order valence-electron chi connectivity index (χ4n) is 4.33. The van der Waals surface area contributed by atoms with Gasteiger partial charge in [0.25, 0.3) is 0 Å². The molecule has 0 aliphatic carbocycles. The highest BCUT2D eigenvalue weighted by atomic mass is 16.2. The van der Waals surface area contributed by atoms with Gasteiger partial charge in [0, 0.05) is 6.92 Å². The van der Waals surface area contributed by atoms with E-state index in [1.54, 1.807) is 29.2 Å². The number of carbonyl (C=O) groups excluding carboxylic acids is 1. The van der Waals surface area contributed by atoms with E-state index in [1.807, 2.05) is 48.6 Å². The second-order valence-electron chi connectivity index (χ2n) is 7.00. The lowest BCUT2D eigenvalue weighted by Crippen LogP contribution is -2.54. The second kappa shape index (κ2) is 5.95. The molecule has 3 aliphatic rings. The lowest BCUT2D eigenvalue weighted by Gasteiger charge is -2.48. The van der Waals surface area contributed by atoms with E-state index in [-0.39, 0.29) is 11.9 Å². The van der Waals surface area contributed by atoms with Gasteiger partial charge in [-0.15, -0.1) is 0 Å². The molecule has 0 fully saturated rings. The quantitative estimate of drug-likeness (QED) is 0.645. The highest BCUT2D eigenvalue weighted by Gasteiger charge is 2.47. The molecule has 6 rings (SSSR count). The van der Waals surface area contributed by atoms with Crippen LogP contribution in [0.3, 0.4) is 0 Å². The molecule has 2 bridgehead atoms. The molecule has 7 heteroatoms. The van der Waals surface area contributed by atoms with E-state index in [1.165, 1.54) is 20.9 Å². The van der Waals surface area contributed by atoms with Crippen molar-refractivity contribution in [1.82, 2.24) is 18.8 Å². The van der Waals surface area contributed by atoms with Crippen LogP contribution < -0.4 is 11.4 Å². The standard InChI is InChI=1S/C21H18N4O3/c1-14(26)22-18-13-12-17(19(22)15-8-4-2-5-9-15)24-20(27)23(21(28)25(18)24)16-10-6-3-7-11-16/h2-13,17-19H,1H3. The molecule has 7 nitrogen and oxygen atoms in total. The maximum absolute atomic E-state index is 13.2. The van der Waals surface area contributed by atoms with Gasteiger partial charge in [-0.1, -0.05) is 54.6 Å². The summed E-state index contributed by atoms with van der Waals surface area (Å²) in [6.45, 7) is 1.49. The Kier molecular flexibility index (Phi) is 3.52. The Morgan fingerprint density at radius 2 is 1.43 bits per heavy atom. The largest absolute Gasteiger partial charge is 0.354 e. The van der Waals surface area contributed by atoms with Crippen molar-refractivity contribution in [1.29, 1.82) is 0 Å². The number of carbonyl (C=O) groups is 1. The third kappa shape index (κ3) is 2.13. The van der Waals surface area contributed by atoms with Crippen LogP contribution in [0.1, 0.15) is 30.7 Å². The topological polar surface area (TPSA) is 69.2 Å². The first-order chi connectivity index (χ1) is 13.6. The molecule has 0 radical (unpaired) electrons. The lowest BCUT2D eigenvalue weighted by atomic mass is 9.92. The minimum Gasteiger partial charge on any atom is -0.307 e. The molecule has 28 heavy (non-hydrogen) atoms. The predicted octanol–water partition coefficient (Wildman–Crippen LogP) is 2.01. The van der Waals surface area contributed by atoms with Gasteiger partial charge in [-0.3, -0.25) is 4.79 Å². The number of rotatable bonds is 2. The SMILES string of the molecule is CC(=O)N1C(c2ccccc2)C2C=CC1n1c(=O)n(-c3ccccc3)c(=O)n12. The van der Waals surface area contributed by atoms with Crippen molar-refractivity contribution < 1.29 is 4.79 Å². The van der Waals surface area contributed by atoms with Crippen molar-refractivity contribution >= 4 is 5.91 Å². The van der Waals surface area contributed by atoms with Gasteiger partial charge >= 0.3 is 11.4 Å². The molecule has 0 spiro atoms. The molecule has 1 aromatic heterocycles. The van der Waals surface area contributed by atoms with Crippen LogP contribution in [-0.4, -0.2) is 24.7 Å². The van der Waals surface area contributed by atoms with Crippen LogP contribution in [0.15, 0.2) is 82.4 Å². The van der Waals surface area contributed by atoms with Crippen molar-refractivity contribution in [3.8, 4) is 5.69 Å². The van der Waals surface area contributed by atoms with Crippen LogP contribution in [0, 0.1) is 0 Å². The molecule has 140 valence electrons. The van der Waals surface area contributed by atoms with Gasteiger partial charge in [-0.25, -0.2) is 23.5 Å². The fourth-order valence-corrected chi connectivity index (χ4v) is 4.33. The first-order valence-electron chi connectivity index (χ1n) is 9.13. The molecule has 0 saturated heterocycles. The Morgan fingerprint density at radius 3 is 2.07 bits per heavy atom. The molecule has 0 N–H and O–H groups in total. The monoisotopic (exact) mass is 374 g/mol. The third-order valence-corrected chi connectivity index (χ3v) is 5.45. The molecule has 2 aromatic carbocycles. The average Bonchev–Trinajstić information content (AvgIpc) is 3.01. The fraction of sp³-hybridized carbons (Fsp3) is 0.190. The Bertz CT molecular complexity index is 1200. The van der Waals surface area contributed by atoms with E-state index < -0.39 is 23.6 Å². The molecular weight excluding hydrogens is 356 g/mol. The molecular formula is C21H18N4O3. The van der Waals surface area contributed by atoms with E-state index in [9.17, 15) is 14.4 Å². The number of benzene rings is 2. The van der Waals surface area contributed by atoms with Gasteiger partial charge in [0.15, 0.2) is 0 Å². The van der Waals surface area contributed by atoms with Crippen molar-refractivity contribution in [2.24, 2.45) is 0 Å². The van der Waals surface area contributed by atoms with Crippen LogP contribution in [0.5, 0.6) is 0 Å². The van der Waals surface area contributed by atoms with E-state index in [0.29, 0.717) is 5.69 Å². The summed E-state index contributed by atoms with van der Waals surface area (Å²) >= 11 is 0. The van der Waals surface area contributed by atoms with Crippen LogP contribution in [-0.2, 0) is 4.79 Å². The van der Waals surface area contributed by atoms with Crippen molar-refractivity contribution in [2.45, 2.75) is 25.2 Å². The van der Waals surface area contributed by atoms with E-state index in [2.05, 4.69) is 0 Å². The summed E-state index contributed by atoms with van der Waals surface area (Å²) in [6.07, 6.45) is 3.09. The number of hydrogen-bond donors (Lipinski definition) is 0.